The smallest absolute Gasteiger partial charge is 0.139 e. The van der Waals surface area contributed by atoms with Crippen LogP contribution < -0.4 is 0 Å². The molecule has 0 fully saturated rings. The minimum Gasteiger partial charge on any atom is -0.337 e. The van der Waals surface area contributed by atoms with Gasteiger partial charge in [0.1, 0.15) is 17.5 Å². The Morgan fingerprint density at radius 3 is 1.77 bits per heavy atom. The van der Waals surface area contributed by atoms with E-state index < -0.39 is 0 Å². The molecule has 0 aliphatic rings. The van der Waals surface area contributed by atoms with Gasteiger partial charge in [0.05, 0.1) is 11.4 Å². The number of thioether (sulfide) groups is 1. The molecule has 0 spiro atoms. The Balaban J connectivity index is 2.02. The lowest BCUT2D eigenvalue weighted by molar-refractivity contribution is 0.560. The van der Waals surface area contributed by atoms with Gasteiger partial charge in [-0.15, -0.1) is 11.8 Å². The quantitative estimate of drug-likeness (QED) is 0.289. The standard InChI is InChI=1S/C30H32F2N2S/c1-29(2,3)20-16-23(27(35-7)24(17-20)30(4,5)6)28-33-25(18-8-12-21(31)13-9-18)26(34-28)19-10-14-22(32)15-11-19/h8-17H,1-7H3,(H,33,34). The summed E-state index contributed by atoms with van der Waals surface area (Å²) in [5.74, 6) is 0.143. The normalized spacial score (nSPS) is 12.3. The molecule has 0 bridgehead atoms. The van der Waals surface area contributed by atoms with Crippen molar-refractivity contribution >= 4 is 11.8 Å². The van der Waals surface area contributed by atoms with E-state index in [0.717, 1.165) is 28.2 Å². The van der Waals surface area contributed by atoms with Crippen LogP contribution in [0.15, 0.2) is 65.6 Å². The maximum Gasteiger partial charge on any atom is 0.139 e. The van der Waals surface area contributed by atoms with Gasteiger partial charge in [-0.1, -0.05) is 47.6 Å². The summed E-state index contributed by atoms with van der Waals surface area (Å²) in [6.45, 7) is 13.3. The maximum absolute atomic E-state index is 13.7. The van der Waals surface area contributed by atoms with Crippen LogP contribution in [0.1, 0.15) is 52.7 Å². The molecule has 0 unspecified atom stereocenters. The van der Waals surface area contributed by atoms with Gasteiger partial charge in [-0.3, -0.25) is 0 Å². The SMILES string of the molecule is CSc1c(-c2nc(-c3ccc(F)cc3)c(-c3ccc(F)cc3)[nH]2)cc(C(C)(C)C)cc1C(C)(C)C. The van der Waals surface area contributed by atoms with Gasteiger partial charge in [-0.25, -0.2) is 13.8 Å². The van der Waals surface area contributed by atoms with Gasteiger partial charge in [-0.2, -0.15) is 0 Å². The van der Waals surface area contributed by atoms with E-state index in [2.05, 4.69) is 64.9 Å². The van der Waals surface area contributed by atoms with E-state index in [1.165, 1.54) is 40.3 Å². The van der Waals surface area contributed by atoms with E-state index in [4.69, 9.17) is 4.98 Å². The molecule has 3 aromatic carbocycles. The molecule has 1 N–H and O–H groups in total. The molecule has 5 heteroatoms. The fraction of sp³-hybridized carbons (Fsp3) is 0.300. The molecule has 0 aliphatic heterocycles. The molecule has 4 aromatic rings. The largest absolute Gasteiger partial charge is 0.337 e. The third-order valence-corrected chi connectivity index (χ3v) is 7.02. The first-order valence-electron chi connectivity index (χ1n) is 11.7. The molecule has 0 amide bonds. The van der Waals surface area contributed by atoms with Gasteiger partial charge in [0.15, 0.2) is 0 Å². The number of hydrogen-bond acceptors (Lipinski definition) is 2. The Morgan fingerprint density at radius 1 is 0.743 bits per heavy atom. The van der Waals surface area contributed by atoms with Crippen molar-refractivity contribution in [2.75, 3.05) is 6.26 Å². The van der Waals surface area contributed by atoms with Crippen molar-refractivity contribution in [2.45, 2.75) is 57.3 Å². The number of hydrogen-bond donors (Lipinski definition) is 1. The molecule has 0 saturated heterocycles. The number of H-pyrrole nitrogens is 1. The average molecular weight is 491 g/mol. The monoisotopic (exact) mass is 490 g/mol. The van der Waals surface area contributed by atoms with E-state index in [0.29, 0.717) is 5.69 Å². The number of aromatic amines is 1. The van der Waals surface area contributed by atoms with Crippen LogP contribution in [0.3, 0.4) is 0 Å². The van der Waals surface area contributed by atoms with E-state index in [-0.39, 0.29) is 22.5 Å². The second kappa shape index (κ2) is 9.27. The van der Waals surface area contributed by atoms with Crippen LogP contribution in [-0.2, 0) is 10.8 Å². The Hall–Kier alpha value is -2.92. The van der Waals surface area contributed by atoms with Crippen molar-refractivity contribution in [2.24, 2.45) is 0 Å². The first kappa shape index (κ1) is 25.2. The molecule has 2 nitrogen and oxygen atoms in total. The summed E-state index contributed by atoms with van der Waals surface area (Å²) in [5, 5.41) is 0. The molecule has 1 heterocycles. The van der Waals surface area contributed by atoms with Crippen molar-refractivity contribution in [1.82, 2.24) is 9.97 Å². The Bertz CT molecular complexity index is 1280. The lowest BCUT2D eigenvalue weighted by Gasteiger charge is -2.28. The van der Waals surface area contributed by atoms with Crippen molar-refractivity contribution in [3.05, 3.63) is 83.4 Å². The van der Waals surface area contributed by atoms with Gasteiger partial charge in [0.2, 0.25) is 0 Å². The molecule has 1 aromatic heterocycles. The minimum absolute atomic E-state index is 0.0438. The molecule has 182 valence electrons. The van der Waals surface area contributed by atoms with Crippen LogP contribution >= 0.6 is 11.8 Å². The highest BCUT2D eigenvalue weighted by Gasteiger charge is 2.27. The molecule has 35 heavy (non-hydrogen) atoms. The van der Waals surface area contributed by atoms with Crippen molar-refractivity contribution < 1.29 is 8.78 Å². The third kappa shape index (κ3) is 5.20. The van der Waals surface area contributed by atoms with Gasteiger partial charge in [-0.05, 0) is 82.8 Å². The van der Waals surface area contributed by atoms with Crippen LogP contribution in [0, 0.1) is 11.6 Å². The molecular formula is C30H32F2N2S. The predicted octanol–water partition coefficient (Wildman–Crippen LogP) is 9.01. The van der Waals surface area contributed by atoms with Crippen LogP contribution in [0.2, 0.25) is 0 Å². The van der Waals surface area contributed by atoms with E-state index >= 15 is 0 Å². The minimum atomic E-state index is -0.301. The first-order chi connectivity index (χ1) is 16.4. The topological polar surface area (TPSA) is 28.7 Å². The number of nitrogens with one attached hydrogen (secondary N) is 1. The highest BCUT2D eigenvalue weighted by Crippen LogP contribution is 2.43. The van der Waals surface area contributed by atoms with Crippen molar-refractivity contribution in [3.63, 3.8) is 0 Å². The van der Waals surface area contributed by atoms with Gasteiger partial charge >= 0.3 is 0 Å². The molecule has 0 aliphatic carbocycles. The molecule has 0 saturated carbocycles. The highest BCUT2D eigenvalue weighted by atomic mass is 32.2. The Morgan fingerprint density at radius 2 is 1.29 bits per heavy atom. The number of rotatable bonds is 4. The summed E-state index contributed by atoms with van der Waals surface area (Å²) < 4.78 is 27.4. The summed E-state index contributed by atoms with van der Waals surface area (Å²) in [5.41, 5.74) is 6.54. The van der Waals surface area contributed by atoms with E-state index in [9.17, 15) is 8.78 Å². The number of halogens is 2. The number of benzene rings is 3. The summed E-state index contributed by atoms with van der Waals surface area (Å²) in [6.07, 6.45) is 2.09. The fourth-order valence-corrected chi connectivity index (χ4v) is 5.12. The van der Waals surface area contributed by atoms with Crippen molar-refractivity contribution in [3.8, 4) is 33.9 Å². The lowest BCUT2D eigenvalue weighted by Crippen LogP contribution is -2.18. The van der Waals surface area contributed by atoms with Crippen molar-refractivity contribution in [1.29, 1.82) is 0 Å². The number of imidazole rings is 1. The predicted molar refractivity (Wildman–Crippen MR) is 144 cm³/mol. The zero-order valence-corrected chi connectivity index (χ0v) is 22.2. The highest BCUT2D eigenvalue weighted by molar-refractivity contribution is 7.98. The van der Waals surface area contributed by atoms with Crippen LogP contribution in [0.4, 0.5) is 8.78 Å². The molecule has 4 rings (SSSR count). The zero-order chi connectivity index (χ0) is 25.5. The summed E-state index contributed by atoms with van der Waals surface area (Å²) in [6, 6.07) is 17.2. The van der Waals surface area contributed by atoms with E-state index in [1.807, 2.05) is 0 Å². The lowest BCUT2D eigenvalue weighted by atomic mass is 9.79. The zero-order valence-electron chi connectivity index (χ0n) is 21.4. The Kier molecular flexibility index (Phi) is 6.67. The maximum atomic E-state index is 13.7. The Labute approximate surface area is 211 Å². The van der Waals surface area contributed by atoms with Gasteiger partial charge in [0, 0.05) is 21.6 Å². The third-order valence-electron chi connectivity index (χ3n) is 6.18. The summed E-state index contributed by atoms with van der Waals surface area (Å²) in [4.78, 5) is 9.76. The van der Waals surface area contributed by atoms with Gasteiger partial charge < -0.3 is 4.98 Å². The summed E-state index contributed by atoms with van der Waals surface area (Å²) >= 11 is 1.71. The number of aromatic nitrogens is 2. The first-order valence-corrected chi connectivity index (χ1v) is 13.0. The average Bonchev–Trinajstić information content (AvgIpc) is 3.23. The van der Waals surface area contributed by atoms with Crippen LogP contribution in [0.25, 0.3) is 33.9 Å². The van der Waals surface area contributed by atoms with Crippen LogP contribution in [-0.4, -0.2) is 16.2 Å². The molecule has 0 atom stereocenters. The number of nitrogens with zero attached hydrogens (tertiary/aromatic N) is 1. The second-order valence-electron chi connectivity index (χ2n) is 10.9. The molecule has 0 radical (unpaired) electrons. The van der Waals surface area contributed by atoms with E-state index in [1.54, 1.807) is 36.0 Å². The van der Waals surface area contributed by atoms with Crippen LogP contribution in [0.5, 0.6) is 0 Å². The molecular weight excluding hydrogens is 458 g/mol. The fourth-order valence-electron chi connectivity index (χ4n) is 4.16. The van der Waals surface area contributed by atoms with Gasteiger partial charge in [0.25, 0.3) is 0 Å². The summed E-state index contributed by atoms with van der Waals surface area (Å²) in [7, 11) is 0. The second-order valence-corrected chi connectivity index (χ2v) is 11.7.